The summed E-state index contributed by atoms with van der Waals surface area (Å²) in [5.41, 5.74) is 0.404. The number of hydrogen-bond donors (Lipinski definition) is 1. The normalized spacial score (nSPS) is 18.7. The van der Waals surface area contributed by atoms with E-state index < -0.39 is 0 Å². The van der Waals surface area contributed by atoms with E-state index in [1.165, 1.54) is 32.1 Å². The van der Waals surface area contributed by atoms with Crippen LogP contribution in [-0.4, -0.2) is 23.6 Å². The summed E-state index contributed by atoms with van der Waals surface area (Å²) >= 11 is 0. The van der Waals surface area contributed by atoms with Crippen molar-refractivity contribution in [2.24, 2.45) is 5.41 Å². The number of rotatable bonds is 4. The second-order valence-corrected chi connectivity index (χ2v) is 5.17. The van der Waals surface area contributed by atoms with Gasteiger partial charge in [-0.1, -0.05) is 26.2 Å². The maximum absolute atomic E-state index is 5.03. The van der Waals surface area contributed by atoms with Gasteiger partial charge in [0, 0.05) is 6.54 Å². The molecule has 1 N–H and O–H groups in total. The van der Waals surface area contributed by atoms with Gasteiger partial charge in [-0.05, 0) is 18.3 Å². The average molecular weight is 235 g/mol. The minimum absolute atomic E-state index is 0.404. The lowest BCUT2D eigenvalue weighted by atomic mass is 9.76. The highest BCUT2D eigenvalue weighted by atomic mass is 16.5. The highest BCUT2D eigenvalue weighted by Crippen LogP contribution is 2.35. The van der Waals surface area contributed by atoms with Crippen LogP contribution in [-0.2, 0) is 0 Å². The van der Waals surface area contributed by atoms with E-state index in [1.807, 2.05) is 0 Å². The first-order valence-corrected chi connectivity index (χ1v) is 6.32. The SMILES string of the molecule is COc1cnc(NCC2(C)CCCCC2)nc1. The maximum atomic E-state index is 5.03. The highest BCUT2D eigenvalue weighted by Gasteiger charge is 2.26. The molecule has 2 rings (SSSR count). The van der Waals surface area contributed by atoms with Crippen LogP contribution in [0.15, 0.2) is 12.4 Å². The molecule has 0 radical (unpaired) electrons. The number of aromatic nitrogens is 2. The molecule has 1 aliphatic carbocycles. The van der Waals surface area contributed by atoms with Crippen molar-refractivity contribution in [1.29, 1.82) is 0 Å². The molecule has 17 heavy (non-hydrogen) atoms. The smallest absolute Gasteiger partial charge is 0.222 e. The Morgan fingerprint density at radius 1 is 1.24 bits per heavy atom. The lowest BCUT2D eigenvalue weighted by Crippen LogP contribution is -2.29. The number of hydrogen-bond acceptors (Lipinski definition) is 4. The Morgan fingerprint density at radius 2 is 1.88 bits per heavy atom. The van der Waals surface area contributed by atoms with Gasteiger partial charge in [0.1, 0.15) is 0 Å². The molecular formula is C13H21N3O. The van der Waals surface area contributed by atoms with Gasteiger partial charge < -0.3 is 10.1 Å². The van der Waals surface area contributed by atoms with E-state index in [-0.39, 0.29) is 0 Å². The first kappa shape index (κ1) is 12.1. The molecule has 0 saturated heterocycles. The van der Waals surface area contributed by atoms with Crippen LogP contribution in [0.5, 0.6) is 5.75 Å². The summed E-state index contributed by atoms with van der Waals surface area (Å²) < 4.78 is 5.03. The Morgan fingerprint density at radius 3 is 2.47 bits per heavy atom. The first-order valence-electron chi connectivity index (χ1n) is 6.32. The van der Waals surface area contributed by atoms with E-state index in [0.717, 1.165) is 6.54 Å². The zero-order valence-electron chi connectivity index (χ0n) is 10.7. The minimum atomic E-state index is 0.404. The summed E-state index contributed by atoms with van der Waals surface area (Å²) in [6.07, 6.45) is 10.1. The molecule has 4 heteroatoms. The van der Waals surface area contributed by atoms with Gasteiger partial charge >= 0.3 is 0 Å². The summed E-state index contributed by atoms with van der Waals surface area (Å²) in [7, 11) is 1.62. The minimum Gasteiger partial charge on any atom is -0.494 e. The highest BCUT2D eigenvalue weighted by molar-refractivity contribution is 5.27. The number of methoxy groups -OCH3 is 1. The standard InChI is InChI=1S/C13H21N3O/c1-13(6-4-3-5-7-13)10-16-12-14-8-11(17-2)9-15-12/h8-9H,3-7,10H2,1-2H3,(H,14,15,16). The van der Waals surface area contributed by atoms with Crippen LogP contribution in [0.3, 0.4) is 0 Å². The molecule has 0 unspecified atom stereocenters. The molecule has 1 aromatic heterocycles. The zero-order valence-corrected chi connectivity index (χ0v) is 10.7. The maximum Gasteiger partial charge on any atom is 0.222 e. The lowest BCUT2D eigenvalue weighted by molar-refractivity contribution is 0.233. The number of anilines is 1. The van der Waals surface area contributed by atoms with E-state index in [1.54, 1.807) is 19.5 Å². The molecular weight excluding hydrogens is 214 g/mol. The number of nitrogens with zero attached hydrogens (tertiary/aromatic N) is 2. The third-order valence-electron chi connectivity index (χ3n) is 3.60. The molecule has 0 amide bonds. The molecule has 0 aromatic carbocycles. The molecule has 0 aliphatic heterocycles. The molecule has 0 atom stereocenters. The monoisotopic (exact) mass is 235 g/mol. The van der Waals surface area contributed by atoms with Gasteiger partial charge in [0.05, 0.1) is 19.5 Å². The van der Waals surface area contributed by atoms with Gasteiger partial charge in [0.15, 0.2) is 5.75 Å². The number of nitrogens with one attached hydrogen (secondary N) is 1. The molecule has 1 aliphatic rings. The van der Waals surface area contributed by atoms with Gasteiger partial charge in [-0.3, -0.25) is 0 Å². The van der Waals surface area contributed by atoms with Gasteiger partial charge in [-0.25, -0.2) is 9.97 Å². The van der Waals surface area contributed by atoms with Crippen molar-refractivity contribution in [2.75, 3.05) is 19.0 Å². The van der Waals surface area contributed by atoms with Crippen LogP contribution in [0.2, 0.25) is 0 Å². The van der Waals surface area contributed by atoms with Crippen LogP contribution in [0.25, 0.3) is 0 Å². The molecule has 1 fully saturated rings. The van der Waals surface area contributed by atoms with E-state index in [2.05, 4.69) is 22.2 Å². The Labute approximate surface area is 103 Å². The summed E-state index contributed by atoms with van der Waals surface area (Å²) in [4.78, 5) is 8.44. The van der Waals surface area contributed by atoms with Crippen molar-refractivity contribution < 1.29 is 4.74 Å². The fourth-order valence-corrected chi connectivity index (χ4v) is 2.39. The summed E-state index contributed by atoms with van der Waals surface area (Å²) in [6.45, 7) is 3.31. The van der Waals surface area contributed by atoms with Crippen molar-refractivity contribution in [3.05, 3.63) is 12.4 Å². The van der Waals surface area contributed by atoms with Crippen LogP contribution in [0, 0.1) is 5.41 Å². The van der Waals surface area contributed by atoms with Crippen LogP contribution in [0.4, 0.5) is 5.95 Å². The van der Waals surface area contributed by atoms with Gasteiger partial charge in [0.25, 0.3) is 0 Å². The van der Waals surface area contributed by atoms with Crippen molar-refractivity contribution in [3.63, 3.8) is 0 Å². The topological polar surface area (TPSA) is 47.0 Å². The van der Waals surface area contributed by atoms with E-state index >= 15 is 0 Å². The predicted octanol–water partition coefficient (Wildman–Crippen LogP) is 2.87. The molecule has 0 spiro atoms. The molecule has 1 heterocycles. The van der Waals surface area contributed by atoms with Gasteiger partial charge in [-0.2, -0.15) is 0 Å². The Balaban J connectivity index is 1.87. The zero-order chi connectivity index (χ0) is 12.1. The van der Waals surface area contributed by atoms with Crippen molar-refractivity contribution in [2.45, 2.75) is 39.0 Å². The van der Waals surface area contributed by atoms with Gasteiger partial charge in [-0.15, -0.1) is 0 Å². The van der Waals surface area contributed by atoms with Crippen molar-refractivity contribution >= 4 is 5.95 Å². The van der Waals surface area contributed by atoms with Crippen molar-refractivity contribution in [1.82, 2.24) is 9.97 Å². The number of ether oxygens (including phenoxy) is 1. The first-order chi connectivity index (χ1) is 8.22. The van der Waals surface area contributed by atoms with E-state index in [9.17, 15) is 0 Å². The summed E-state index contributed by atoms with van der Waals surface area (Å²) in [5, 5.41) is 3.33. The molecule has 94 valence electrons. The molecule has 0 bridgehead atoms. The van der Waals surface area contributed by atoms with Crippen LogP contribution >= 0.6 is 0 Å². The van der Waals surface area contributed by atoms with Crippen molar-refractivity contribution in [3.8, 4) is 5.75 Å². The fraction of sp³-hybridized carbons (Fsp3) is 0.692. The Bertz CT molecular complexity index is 344. The predicted molar refractivity (Wildman–Crippen MR) is 68.3 cm³/mol. The molecule has 4 nitrogen and oxygen atoms in total. The average Bonchev–Trinajstić information content (AvgIpc) is 2.38. The Kier molecular flexibility index (Phi) is 3.82. The summed E-state index contributed by atoms with van der Waals surface area (Å²) in [6, 6.07) is 0. The van der Waals surface area contributed by atoms with E-state index in [4.69, 9.17) is 4.74 Å². The lowest BCUT2D eigenvalue weighted by Gasteiger charge is -2.33. The second-order valence-electron chi connectivity index (χ2n) is 5.17. The third-order valence-corrected chi connectivity index (χ3v) is 3.60. The van der Waals surface area contributed by atoms with E-state index in [0.29, 0.717) is 17.1 Å². The quantitative estimate of drug-likeness (QED) is 0.871. The second kappa shape index (κ2) is 5.34. The molecule has 1 saturated carbocycles. The van der Waals surface area contributed by atoms with Gasteiger partial charge in [0.2, 0.25) is 5.95 Å². The summed E-state index contributed by atoms with van der Waals surface area (Å²) in [5.74, 6) is 1.39. The fourth-order valence-electron chi connectivity index (χ4n) is 2.39. The third kappa shape index (κ3) is 3.32. The molecule has 1 aromatic rings. The van der Waals surface area contributed by atoms with Crippen LogP contribution < -0.4 is 10.1 Å². The largest absolute Gasteiger partial charge is 0.494 e. The Hall–Kier alpha value is -1.32. The van der Waals surface area contributed by atoms with Crippen LogP contribution in [0.1, 0.15) is 39.0 Å².